The van der Waals surface area contributed by atoms with Crippen LogP contribution in [0.3, 0.4) is 0 Å². The number of hydrogen-bond acceptors (Lipinski definition) is 8. The number of rotatable bonds is 5. The second kappa shape index (κ2) is 8.62. The van der Waals surface area contributed by atoms with Gasteiger partial charge in [0.25, 0.3) is 11.1 Å². The van der Waals surface area contributed by atoms with Crippen LogP contribution in [0.5, 0.6) is 17.5 Å². The summed E-state index contributed by atoms with van der Waals surface area (Å²) >= 11 is 0.878. The fourth-order valence-electron chi connectivity index (χ4n) is 3.06. The lowest BCUT2D eigenvalue weighted by molar-refractivity contribution is -0.115. The first kappa shape index (κ1) is 19.4. The van der Waals surface area contributed by atoms with Crippen molar-refractivity contribution < 1.29 is 19.1 Å². The van der Waals surface area contributed by atoms with Crippen molar-refractivity contribution in [1.29, 1.82) is 0 Å². The average Bonchev–Trinajstić information content (AvgIpc) is 3.03. The molecular weight excluding hydrogens is 392 g/mol. The minimum atomic E-state index is -0.391. The minimum absolute atomic E-state index is 0.130. The Bertz CT molecular complexity index is 973. The van der Waals surface area contributed by atoms with Gasteiger partial charge in [0.1, 0.15) is 18.2 Å². The lowest BCUT2D eigenvalue weighted by atomic mass is 10.1. The molecule has 1 aromatic carbocycles. The number of imide groups is 1. The van der Waals surface area contributed by atoms with Crippen molar-refractivity contribution in [3.05, 3.63) is 46.6 Å². The first-order chi connectivity index (χ1) is 14.1. The molecule has 8 nitrogen and oxygen atoms in total. The normalized spacial score (nSPS) is 18.7. The van der Waals surface area contributed by atoms with Crippen molar-refractivity contribution in [2.24, 2.45) is 0 Å². The van der Waals surface area contributed by atoms with Gasteiger partial charge in [0, 0.05) is 0 Å². The molecule has 0 unspecified atom stereocenters. The minimum Gasteiger partial charge on any atom is -0.474 e. The van der Waals surface area contributed by atoms with Crippen molar-refractivity contribution in [3.63, 3.8) is 0 Å². The lowest BCUT2D eigenvalue weighted by Gasteiger charge is -2.24. The second-order valence-corrected chi connectivity index (χ2v) is 7.72. The van der Waals surface area contributed by atoms with E-state index in [0.29, 0.717) is 22.4 Å². The van der Waals surface area contributed by atoms with Crippen LogP contribution in [-0.4, -0.2) is 40.3 Å². The number of thioether (sulfide) groups is 1. The van der Waals surface area contributed by atoms with Crippen LogP contribution in [-0.2, 0) is 4.79 Å². The van der Waals surface area contributed by atoms with Gasteiger partial charge in [-0.2, -0.15) is 0 Å². The predicted octanol–water partition coefficient (Wildman–Crippen LogP) is 3.03. The Morgan fingerprint density at radius 3 is 2.72 bits per heavy atom. The molecule has 9 heteroatoms. The summed E-state index contributed by atoms with van der Waals surface area (Å²) in [5, 5.41) is 5.18. The molecule has 2 N–H and O–H groups in total. The maximum absolute atomic E-state index is 11.7. The molecule has 0 saturated carbocycles. The Morgan fingerprint density at radius 1 is 1.17 bits per heavy atom. The maximum atomic E-state index is 11.7. The quantitative estimate of drug-likeness (QED) is 0.723. The van der Waals surface area contributed by atoms with E-state index in [4.69, 9.17) is 9.47 Å². The smallest absolute Gasteiger partial charge is 0.290 e. The Morgan fingerprint density at radius 2 is 1.97 bits per heavy atom. The van der Waals surface area contributed by atoms with E-state index >= 15 is 0 Å². The van der Waals surface area contributed by atoms with Crippen LogP contribution >= 0.6 is 11.8 Å². The van der Waals surface area contributed by atoms with Crippen LogP contribution in [0.2, 0.25) is 0 Å². The molecule has 29 heavy (non-hydrogen) atoms. The number of nitrogens with zero attached hydrogens (tertiary/aromatic N) is 2. The number of aromatic nitrogens is 2. The molecule has 0 radical (unpaired) electrons. The van der Waals surface area contributed by atoms with E-state index in [1.165, 1.54) is 6.33 Å². The van der Waals surface area contributed by atoms with Gasteiger partial charge in [-0.15, -0.1) is 0 Å². The van der Waals surface area contributed by atoms with Gasteiger partial charge in [0.15, 0.2) is 0 Å². The number of ether oxygens (including phenoxy) is 2. The van der Waals surface area contributed by atoms with E-state index in [0.717, 1.165) is 48.8 Å². The summed E-state index contributed by atoms with van der Waals surface area (Å²) in [5.74, 6) is 1.11. The molecule has 2 amide bonds. The summed E-state index contributed by atoms with van der Waals surface area (Å²) in [5.41, 5.74) is 1.47. The summed E-state index contributed by atoms with van der Waals surface area (Å²) in [6, 6.07) is 7.21. The molecule has 2 aliphatic heterocycles. The molecule has 2 saturated heterocycles. The number of carbonyl (C=O) groups excluding carboxylic acids is 2. The Balaban J connectivity index is 1.51. The van der Waals surface area contributed by atoms with Crippen LogP contribution < -0.4 is 20.1 Å². The van der Waals surface area contributed by atoms with Crippen molar-refractivity contribution >= 4 is 29.0 Å². The van der Waals surface area contributed by atoms with Gasteiger partial charge in [-0.05, 0) is 68.4 Å². The van der Waals surface area contributed by atoms with Crippen molar-refractivity contribution in [2.75, 3.05) is 13.1 Å². The summed E-state index contributed by atoms with van der Waals surface area (Å²) in [7, 11) is 0. The molecule has 2 aliphatic rings. The zero-order valence-electron chi connectivity index (χ0n) is 15.8. The summed E-state index contributed by atoms with van der Waals surface area (Å²) in [6.07, 6.45) is 5.08. The van der Waals surface area contributed by atoms with Crippen LogP contribution in [0.4, 0.5) is 4.79 Å². The van der Waals surface area contributed by atoms with Gasteiger partial charge in [0.2, 0.25) is 11.8 Å². The third-order valence-corrected chi connectivity index (χ3v) is 5.38. The lowest BCUT2D eigenvalue weighted by Crippen LogP contribution is -2.34. The fourth-order valence-corrected chi connectivity index (χ4v) is 3.75. The maximum Gasteiger partial charge on any atom is 0.290 e. The molecule has 1 aromatic heterocycles. The highest BCUT2D eigenvalue weighted by atomic mass is 32.2. The number of amides is 2. The highest BCUT2D eigenvalue weighted by Gasteiger charge is 2.25. The van der Waals surface area contributed by atoms with Crippen LogP contribution in [0, 0.1) is 6.92 Å². The number of carbonyl (C=O) groups is 2. The Hall–Kier alpha value is -2.91. The molecule has 150 valence electrons. The van der Waals surface area contributed by atoms with Crippen molar-refractivity contribution in [2.45, 2.75) is 25.9 Å². The van der Waals surface area contributed by atoms with Gasteiger partial charge in [0.05, 0.1) is 10.5 Å². The fraction of sp³-hybridized carbons (Fsp3) is 0.300. The van der Waals surface area contributed by atoms with Gasteiger partial charge >= 0.3 is 0 Å². The van der Waals surface area contributed by atoms with Crippen LogP contribution in [0.15, 0.2) is 35.5 Å². The molecule has 0 aliphatic carbocycles. The third kappa shape index (κ3) is 4.75. The SMILES string of the molecule is Cc1c(Oc2cccc(/C=C3\SC(=O)NC3=O)c2)ncnc1OC1CCNCC1. The molecule has 2 aromatic rings. The van der Waals surface area contributed by atoms with E-state index in [-0.39, 0.29) is 11.3 Å². The zero-order chi connectivity index (χ0) is 20.2. The molecule has 2 fully saturated rings. The van der Waals surface area contributed by atoms with Crippen molar-refractivity contribution in [3.8, 4) is 17.5 Å². The van der Waals surface area contributed by atoms with Gasteiger partial charge in [-0.25, -0.2) is 9.97 Å². The zero-order valence-corrected chi connectivity index (χ0v) is 16.6. The summed E-state index contributed by atoms with van der Waals surface area (Å²) in [4.78, 5) is 31.9. The molecule has 0 atom stereocenters. The highest BCUT2D eigenvalue weighted by Crippen LogP contribution is 2.30. The monoisotopic (exact) mass is 412 g/mol. The predicted molar refractivity (Wildman–Crippen MR) is 109 cm³/mol. The second-order valence-electron chi connectivity index (χ2n) is 6.70. The summed E-state index contributed by atoms with van der Waals surface area (Å²) < 4.78 is 12.0. The van der Waals surface area contributed by atoms with Gasteiger partial charge < -0.3 is 14.8 Å². The van der Waals surface area contributed by atoms with Crippen molar-refractivity contribution in [1.82, 2.24) is 20.6 Å². The number of hydrogen-bond donors (Lipinski definition) is 2. The van der Waals surface area contributed by atoms with E-state index in [2.05, 4.69) is 20.6 Å². The van der Waals surface area contributed by atoms with Crippen LogP contribution in [0.1, 0.15) is 24.0 Å². The van der Waals surface area contributed by atoms with Gasteiger partial charge in [-0.3, -0.25) is 14.9 Å². The van der Waals surface area contributed by atoms with E-state index in [1.807, 2.05) is 19.1 Å². The van der Waals surface area contributed by atoms with E-state index in [1.54, 1.807) is 18.2 Å². The first-order valence-electron chi connectivity index (χ1n) is 9.30. The average molecular weight is 412 g/mol. The molecular formula is C20H20N4O4S. The topological polar surface area (TPSA) is 102 Å². The molecule has 0 bridgehead atoms. The number of piperidine rings is 1. The molecule has 4 rings (SSSR count). The Kier molecular flexibility index (Phi) is 5.77. The Labute approximate surface area is 172 Å². The van der Waals surface area contributed by atoms with E-state index < -0.39 is 5.91 Å². The molecule has 0 spiro atoms. The summed E-state index contributed by atoms with van der Waals surface area (Å²) in [6.45, 7) is 3.73. The largest absolute Gasteiger partial charge is 0.474 e. The van der Waals surface area contributed by atoms with Gasteiger partial charge in [-0.1, -0.05) is 12.1 Å². The van der Waals surface area contributed by atoms with Crippen LogP contribution in [0.25, 0.3) is 6.08 Å². The molecule has 3 heterocycles. The van der Waals surface area contributed by atoms with E-state index in [9.17, 15) is 9.59 Å². The third-order valence-electron chi connectivity index (χ3n) is 4.57. The first-order valence-corrected chi connectivity index (χ1v) is 10.1. The highest BCUT2D eigenvalue weighted by molar-refractivity contribution is 8.18. The standard InChI is InChI=1S/C20H20N4O4S/c1-12-18(27-14-5-7-21-8-6-14)22-11-23-19(12)28-15-4-2-3-13(9-15)10-16-17(25)24-20(26)29-16/h2-4,9-11,14,21H,5-8H2,1H3,(H,24,25,26)/b16-10-. The number of nitrogens with one attached hydrogen (secondary N) is 2. The number of benzene rings is 1.